The fraction of sp³-hybridized carbons (Fsp3) is 0.909. The summed E-state index contributed by atoms with van der Waals surface area (Å²) in [5.74, 6) is 0.161. The normalized spacial score (nSPS) is 11.5. The van der Waals surface area contributed by atoms with Crippen LogP contribution in [0.15, 0.2) is 0 Å². The van der Waals surface area contributed by atoms with Gasteiger partial charge in [0.05, 0.1) is 5.60 Å². The summed E-state index contributed by atoms with van der Waals surface area (Å²) in [6.45, 7) is 5.72. The zero-order valence-corrected chi connectivity index (χ0v) is 10.6. The standard InChI is InChI=1S/C11H24N2O2/c1-11(2,15-5)7-9-12-8-6-10(14)13(3)4/h12H,6-9H2,1-5H3. The third-order valence-electron chi connectivity index (χ3n) is 2.47. The zero-order valence-electron chi connectivity index (χ0n) is 10.6. The molecule has 4 heteroatoms. The average Bonchev–Trinajstić information content (AvgIpc) is 2.16. The molecule has 0 aromatic rings. The topological polar surface area (TPSA) is 41.6 Å². The Hall–Kier alpha value is -0.610. The van der Waals surface area contributed by atoms with Gasteiger partial charge in [-0.15, -0.1) is 0 Å². The number of carbonyl (C=O) groups is 1. The first-order valence-electron chi connectivity index (χ1n) is 5.35. The SMILES string of the molecule is COC(C)(C)CCNCCC(=O)N(C)C. The van der Waals surface area contributed by atoms with Gasteiger partial charge in [0.2, 0.25) is 5.91 Å². The summed E-state index contributed by atoms with van der Waals surface area (Å²) in [6.07, 6.45) is 1.50. The van der Waals surface area contributed by atoms with Crippen molar-refractivity contribution in [1.29, 1.82) is 0 Å². The quantitative estimate of drug-likeness (QED) is 0.642. The fourth-order valence-corrected chi connectivity index (χ4v) is 1.04. The predicted molar refractivity (Wildman–Crippen MR) is 61.9 cm³/mol. The van der Waals surface area contributed by atoms with Crippen molar-refractivity contribution in [2.75, 3.05) is 34.3 Å². The van der Waals surface area contributed by atoms with E-state index < -0.39 is 0 Å². The van der Waals surface area contributed by atoms with Crippen LogP contribution >= 0.6 is 0 Å². The second kappa shape index (κ2) is 6.80. The van der Waals surface area contributed by atoms with E-state index in [1.165, 1.54) is 0 Å². The number of hydrogen-bond donors (Lipinski definition) is 1. The molecule has 0 saturated carbocycles. The molecule has 4 nitrogen and oxygen atoms in total. The summed E-state index contributed by atoms with van der Waals surface area (Å²) >= 11 is 0. The van der Waals surface area contributed by atoms with Gasteiger partial charge in [0.25, 0.3) is 0 Å². The van der Waals surface area contributed by atoms with Gasteiger partial charge < -0.3 is 15.0 Å². The van der Waals surface area contributed by atoms with Crippen LogP contribution in [0, 0.1) is 0 Å². The molecule has 0 aromatic carbocycles. The van der Waals surface area contributed by atoms with Gasteiger partial charge >= 0.3 is 0 Å². The second-order valence-corrected chi connectivity index (χ2v) is 4.50. The molecule has 0 unspecified atom stereocenters. The molecule has 0 bridgehead atoms. The van der Waals surface area contributed by atoms with Crippen molar-refractivity contribution >= 4 is 5.91 Å². The highest BCUT2D eigenvalue weighted by molar-refractivity contribution is 5.75. The van der Waals surface area contributed by atoms with E-state index in [-0.39, 0.29) is 11.5 Å². The largest absolute Gasteiger partial charge is 0.379 e. The van der Waals surface area contributed by atoms with Gasteiger partial charge in [-0.05, 0) is 26.8 Å². The van der Waals surface area contributed by atoms with Crippen LogP contribution in [0.5, 0.6) is 0 Å². The highest BCUT2D eigenvalue weighted by Crippen LogP contribution is 2.11. The average molecular weight is 216 g/mol. The predicted octanol–water partition coefficient (Wildman–Crippen LogP) is 0.869. The van der Waals surface area contributed by atoms with E-state index in [9.17, 15) is 4.79 Å². The van der Waals surface area contributed by atoms with Crippen molar-refractivity contribution in [3.63, 3.8) is 0 Å². The summed E-state index contributed by atoms with van der Waals surface area (Å²) in [5.41, 5.74) is -0.0848. The summed E-state index contributed by atoms with van der Waals surface area (Å²) in [4.78, 5) is 12.8. The molecule has 15 heavy (non-hydrogen) atoms. The first-order chi connectivity index (χ1) is 6.89. The summed E-state index contributed by atoms with van der Waals surface area (Å²) in [7, 11) is 5.27. The third-order valence-corrected chi connectivity index (χ3v) is 2.47. The smallest absolute Gasteiger partial charge is 0.223 e. The third kappa shape index (κ3) is 7.33. The van der Waals surface area contributed by atoms with Crippen LogP contribution in [0.3, 0.4) is 0 Å². The number of nitrogens with one attached hydrogen (secondary N) is 1. The zero-order chi connectivity index (χ0) is 11.9. The minimum absolute atomic E-state index is 0.0848. The lowest BCUT2D eigenvalue weighted by molar-refractivity contribution is -0.128. The minimum Gasteiger partial charge on any atom is -0.379 e. The number of ether oxygens (including phenoxy) is 1. The summed E-state index contributed by atoms with van der Waals surface area (Å²) < 4.78 is 5.29. The molecule has 0 heterocycles. The van der Waals surface area contributed by atoms with E-state index in [0.717, 1.165) is 19.5 Å². The molecule has 0 atom stereocenters. The molecule has 0 aliphatic rings. The molecule has 0 radical (unpaired) electrons. The Morgan fingerprint density at radius 1 is 1.33 bits per heavy atom. The number of amides is 1. The molecule has 0 spiro atoms. The summed E-state index contributed by atoms with van der Waals surface area (Å²) in [5, 5.41) is 3.23. The molecule has 1 amide bonds. The van der Waals surface area contributed by atoms with Crippen LogP contribution in [0.1, 0.15) is 26.7 Å². The van der Waals surface area contributed by atoms with Crippen molar-refractivity contribution in [3.8, 4) is 0 Å². The van der Waals surface area contributed by atoms with Crippen molar-refractivity contribution in [1.82, 2.24) is 10.2 Å². The first kappa shape index (κ1) is 14.4. The Kier molecular flexibility index (Phi) is 6.52. The molecule has 0 rings (SSSR count). The Morgan fingerprint density at radius 3 is 2.40 bits per heavy atom. The van der Waals surface area contributed by atoms with Gasteiger partial charge in [-0.3, -0.25) is 4.79 Å². The van der Waals surface area contributed by atoms with Gasteiger partial charge in [-0.1, -0.05) is 0 Å². The Morgan fingerprint density at radius 2 is 1.93 bits per heavy atom. The molecule has 0 saturated heterocycles. The summed E-state index contributed by atoms with van der Waals surface area (Å²) in [6, 6.07) is 0. The Balaban J connectivity index is 3.44. The lowest BCUT2D eigenvalue weighted by Crippen LogP contribution is -2.31. The lowest BCUT2D eigenvalue weighted by atomic mass is 10.1. The lowest BCUT2D eigenvalue weighted by Gasteiger charge is -2.22. The van der Waals surface area contributed by atoms with Crippen molar-refractivity contribution < 1.29 is 9.53 Å². The van der Waals surface area contributed by atoms with Crippen LogP contribution in [-0.2, 0) is 9.53 Å². The molecule has 0 aliphatic heterocycles. The molecule has 1 N–H and O–H groups in total. The van der Waals surface area contributed by atoms with Gasteiger partial charge in [-0.25, -0.2) is 0 Å². The number of methoxy groups -OCH3 is 1. The maximum atomic E-state index is 11.2. The van der Waals surface area contributed by atoms with Crippen molar-refractivity contribution in [2.45, 2.75) is 32.3 Å². The van der Waals surface area contributed by atoms with E-state index in [1.54, 1.807) is 26.1 Å². The molecule has 0 fully saturated rings. The number of hydrogen-bond acceptors (Lipinski definition) is 3. The van der Waals surface area contributed by atoms with E-state index in [0.29, 0.717) is 6.42 Å². The van der Waals surface area contributed by atoms with Crippen molar-refractivity contribution in [2.24, 2.45) is 0 Å². The Labute approximate surface area is 93.0 Å². The highest BCUT2D eigenvalue weighted by atomic mass is 16.5. The minimum atomic E-state index is -0.0848. The number of rotatable bonds is 7. The Bertz CT molecular complexity index is 191. The van der Waals surface area contributed by atoms with E-state index in [1.807, 2.05) is 0 Å². The molecule has 0 aromatic heterocycles. The van der Waals surface area contributed by atoms with E-state index in [4.69, 9.17) is 4.74 Å². The van der Waals surface area contributed by atoms with Crippen LogP contribution in [-0.4, -0.2) is 50.7 Å². The van der Waals surface area contributed by atoms with Gasteiger partial charge in [0.15, 0.2) is 0 Å². The number of carbonyl (C=O) groups excluding carboxylic acids is 1. The second-order valence-electron chi connectivity index (χ2n) is 4.50. The maximum Gasteiger partial charge on any atom is 0.223 e. The van der Waals surface area contributed by atoms with E-state index in [2.05, 4.69) is 19.2 Å². The molecular weight excluding hydrogens is 192 g/mol. The van der Waals surface area contributed by atoms with E-state index >= 15 is 0 Å². The number of nitrogens with zero attached hydrogens (tertiary/aromatic N) is 1. The van der Waals surface area contributed by atoms with Crippen molar-refractivity contribution in [3.05, 3.63) is 0 Å². The molecule has 90 valence electrons. The van der Waals surface area contributed by atoms with Gasteiger partial charge in [0, 0.05) is 34.2 Å². The fourth-order valence-electron chi connectivity index (χ4n) is 1.04. The molecule has 0 aliphatic carbocycles. The van der Waals surface area contributed by atoms with Crippen LogP contribution in [0.4, 0.5) is 0 Å². The first-order valence-corrected chi connectivity index (χ1v) is 5.35. The van der Waals surface area contributed by atoms with Crippen LogP contribution in [0.2, 0.25) is 0 Å². The molecular formula is C11H24N2O2. The van der Waals surface area contributed by atoms with Gasteiger partial charge in [-0.2, -0.15) is 0 Å². The van der Waals surface area contributed by atoms with Crippen LogP contribution in [0.25, 0.3) is 0 Å². The highest BCUT2D eigenvalue weighted by Gasteiger charge is 2.14. The monoisotopic (exact) mass is 216 g/mol. The van der Waals surface area contributed by atoms with Gasteiger partial charge in [0.1, 0.15) is 0 Å². The van der Waals surface area contributed by atoms with Crippen LogP contribution < -0.4 is 5.32 Å². The maximum absolute atomic E-state index is 11.2.